The summed E-state index contributed by atoms with van der Waals surface area (Å²) in [6.45, 7) is 4.51. The van der Waals surface area contributed by atoms with Crippen molar-refractivity contribution in [3.63, 3.8) is 0 Å². The summed E-state index contributed by atoms with van der Waals surface area (Å²) in [5, 5.41) is 4.19. The van der Waals surface area contributed by atoms with Crippen molar-refractivity contribution in [2.45, 2.75) is 26.8 Å². The van der Waals surface area contributed by atoms with Gasteiger partial charge < -0.3 is 10.5 Å². The molecule has 6 nitrogen and oxygen atoms in total. The molecule has 0 radical (unpaired) electrons. The van der Waals surface area contributed by atoms with Crippen LogP contribution < -0.4 is 5.73 Å². The van der Waals surface area contributed by atoms with E-state index in [-0.39, 0.29) is 6.61 Å². The molecule has 0 atom stereocenters. The summed E-state index contributed by atoms with van der Waals surface area (Å²) in [6.07, 6.45) is 2.29. The summed E-state index contributed by atoms with van der Waals surface area (Å²) in [4.78, 5) is 16.2. The number of nitrogens with two attached hydrogens (primary N) is 1. The van der Waals surface area contributed by atoms with E-state index in [1.54, 1.807) is 17.8 Å². The Balaban J connectivity index is 1.99. The Morgan fingerprint density at radius 2 is 2.25 bits per heavy atom. The fourth-order valence-electron chi connectivity index (χ4n) is 1.90. The fraction of sp³-hybridized carbons (Fsp3) is 0.357. The fourth-order valence-corrected chi connectivity index (χ4v) is 1.90. The number of aromatic nitrogens is 3. The van der Waals surface area contributed by atoms with Crippen LogP contribution in [-0.2, 0) is 17.7 Å². The van der Waals surface area contributed by atoms with Gasteiger partial charge in [0.15, 0.2) is 5.69 Å². The van der Waals surface area contributed by atoms with Crippen molar-refractivity contribution in [1.29, 1.82) is 0 Å². The number of nitrogen functional groups attached to an aromatic ring is 1. The molecule has 6 heteroatoms. The van der Waals surface area contributed by atoms with Gasteiger partial charge in [-0.05, 0) is 26.0 Å². The van der Waals surface area contributed by atoms with Crippen molar-refractivity contribution in [2.75, 3.05) is 12.3 Å². The lowest BCUT2D eigenvalue weighted by atomic mass is 10.3. The second-order valence-corrected chi connectivity index (χ2v) is 4.37. The van der Waals surface area contributed by atoms with Crippen LogP contribution in [0.15, 0.2) is 24.4 Å². The Morgan fingerprint density at radius 3 is 2.90 bits per heavy atom. The van der Waals surface area contributed by atoms with E-state index in [1.807, 2.05) is 25.1 Å². The van der Waals surface area contributed by atoms with Crippen LogP contribution in [0.1, 0.15) is 28.8 Å². The Morgan fingerprint density at radius 1 is 1.45 bits per heavy atom. The molecule has 2 aromatic rings. The zero-order valence-corrected chi connectivity index (χ0v) is 11.7. The molecule has 0 bridgehead atoms. The van der Waals surface area contributed by atoms with Crippen molar-refractivity contribution in [3.8, 4) is 0 Å². The van der Waals surface area contributed by atoms with Crippen LogP contribution in [0, 0.1) is 6.92 Å². The molecule has 106 valence electrons. The molecular formula is C14H18N4O2. The first-order valence-corrected chi connectivity index (χ1v) is 6.53. The largest absolute Gasteiger partial charge is 0.461 e. The van der Waals surface area contributed by atoms with E-state index < -0.39 is 5.97 Å². The van der Waals surface area contributed by atoms with Crippen molar-refractivity contribution < 1.29 is 9.53 Å². The van der Waals surface area contributed by atoms with E-state index in [9.17, 15) is 4.79 Å². The monoisotopic (exact) mass is 274 g/mol. The van der Waals surface area contributed by atoms with Gasteiger partial charge in [0.05, 0.1) is 18.0 Å². The van der Waals surface area contributed by atoms with Crippen molar-refractivity contribution in [2.24, 2.45) is 0 Å². The Kier molecular flexibility index (Phi) is 4.34. The Labute approximate surface area is 117 Å². The van der Waals surface area contributed by atoms with Gasteiger partial charge in [0.25, 0.3) is 0 Å². The normalized spacial score (nSPS) is 10.5. The average molecular weight is 274 g/mol. The molecule has 0 aliphatic carbocycles. The van der Waals surface area contributed by atoms with E-state index in [1.165, 1.54) is 0 Å². The second-order valence-electron chi connectivity index (χ2n) is 4.37. The third kappa shape index (κ3) is 2.96. The van der Waals surface area contributed by atoms with Crippen molar-refractivity contribution >= 4 is 11.7 Å². The van der Waals surface area contributed by atoms with Gasteiger partial charge in [-0.15, -0.1) is 0 Å². The number of anilines is 1. The van der Waals surface area contributed by atoms with Crippen molar-refractivity contribution in [3.05, 3.63) is 41.5 Å². The predicted octanol–water partition coefficient (Wildman–Crippen LogP) is 1.59. The van der Waals surface area contributed by atoms with Crippen LogP contribution in [0.2, 0.25) is 0 Å². The summed E-state index contributed by atoms with van der Waals surface area (Å²) in [5.41, 5.74) is 8.10. The van der Waals surface area contributed by atoms with Gasteiger partial charge in [-0.1, -0.05) is 6.07 Å². The predicted molar refractivity (Wildman–Crippen MR) is 75.3 cm³/mol. The van der Waals surface area contributed by atoms with Crippen LogP contribution in [0.25, 0.3) is 0 Å². The third-order valence-electron chi connectivity index (χ3n) is 2.98. The number of carbonyl (C=O) groups is 1. The summed E-state index contributed by atoms with van der Waals surface area (Å²) in [6, 6.07) is 5.64. The molecule has 2 heterocycles. The third-order valence-corrected chi connectivity index (χ3v) is 2.98. The number of rotatable bonds is 5. The molecule has 2 aromatic heterocycles. The Bertz CT molecular complexity index is 593. The molecule has 0 saturated carbocycles. The molecular weight excluding hydrogens is 256 g/mol. The quantitative estimate of drug-likeness (QED) is 0.837. The Hall–Kier alpha value is -2.37. The molecule has 0 saturated heterocycles. The molecule has 0 aliphatic rings. The molecule has 2 N–H and O–H groups in total. The maximum absolute atomic E-state index is 12.1. The SMILES string of the molecule is CCn1nc(C)c(N)c1C(=O)OCCc1ccccn1. The summed E-state index contributed by atoms with van der Waals surface area (Å²) < 4.78 is 6.81. The minimum Gasteiger partial charge on any atom is -0.461 e. The topological polar surface area (TPSA) is 83.0 Å². The molecule has 0 aromatic carbocycles. The highest BCUT2D eigenvalue weighted by Gasteiger charge is 2.20. The van der Waals surface area contributed by atoms with Gasteiger partial charge >= 0.3 is 5.97 Å². The smallest absolute Gasteiger partial charge is 0.358 e. The minimum atomic E-state index is -0.444. The lowest BCUT2D eigenvalue weighted by molar-refractivity contribution is 0.0495. The summed E-state index contributed by atoms with van der Waals surface area (Å²) >= 11 is 0. The number of aryl methyl sites for hydroxylation is 2. The first kappa shape index (κ1) is 14.0. The standard InChI is InChI=1S/C14H18N4O2/c1-3-18-13(12(15)10(2)17-18)14(19)20-9-7-11-6-4-5-8-16-11/h4-6,8H,3,7,9,15H2,1-2H3. The maximum atomic E-state index is 12.1. The number of hydrogen-bond donors (Lipinski definition) is 1. The summed E-state index contributed by atoms with van der Waals surface area (Å²) in [7, 11) is 0. The molecule has 0 fully saturated rings. The maximum Gasteiger partial charge on any atom is 0.358 e. The van der Waals surface area contributed by atoms with E-state index >= 15 is 0 Å². The average Bonchev–Trinajstić information content (AvgIpc) is 2.75. The molecule has 2 rings (SSSR count). The number of nitrogens with zero attached hydrogens (tertiary/aromatic N) is 3. The highest BCUT2D eigenvalue weighted by molar-refractivity contribution is 5.93. The zero-order valence-electron chi connectivity index (χ0n) is 11.7. The van der Waals surface area contributed by atoms with E-state index in [0.29, 0.717) is 30.0 Å². The molecule has 0 spiro atoms. The van der Waals surface area contributed by atoms with E-state index in [4.69, 9.17) is 10.5 Å². The highest BCUT2D eigenvalue weighted by atomic mass is 16.5. The lowest BCUT2D eigenvalue weighted by Crippen LogP contribution is -2.15. The van der Waals surface area contributed by atoms with Crippen LogP contribution in [0.5, 0.6) is 0 Å². The van der Waals surface area contributed by atoms with Crippen molar-refractivity contribution in [1.82, 2.24) is 14.8 Å². The van der Waals surface area contributed by atoms with Gasteiger partial charge in [-0.25, -0.2) is 4.79 Å². The van der Waals surface area contributed by atoms with Crippen LogP contribution in [-0.4, -0.2) is 27.3 Å². The first-order valence-electron chi connectivity index (χ1n) is 6.53. The van der Waals surface area contributed by atoms with Gasteiger partial charge in [-0.2, -0.15) is 5.10 Å². The van der Waals surface area contributed by atoms with Crippen LogP contribution in [0.3, 0.4) is 0 Å². The number of pyridine rings is 1. The molecule has 0 unspecified atom stereocenters. The molecule has 0 aliphatic heterocycles. The number of ether oxygens (including phenoxy) is 1. The number of carbonyl (C=O) groups excluding carboxylic acids is 1. The van der Waals surface area contributed by atoms with Gasteiger partial charge in [0, 0.05) is 24.9 Å². The van der Waals surface area contributed by atoms with Gasteiger partial charge in [0.1, 0.15) is 0 Å². The number of esters is 1. The van der Waals surface area contributed by atoms with Gasteiger partial charge in [0.2, 0.25) is 0 Å². The van der Waals surface area contributed by atoms with E-state index in [0.717, 1.165) is 5.69 Å². The molecule has 20 heavy (non-hydrogen) atoms. The molecule has 0 amide bonds. The first-order chi connectivity index (χ1) is 9.63. The number of hydrogen-bond acceptors (Lipinski definition) is 5. The second kappa shape index (κ2) is 6.18. The van der Waals surface area contributed by atoms with Gasteiger partial charge in [-0.3, -0.25) is 9.67 Å². The zero-order chi connectivity index (χ0) is 14.5. The van der Waals surface area contributed by atoms with Crippen LogP contribution >= 0.6 is 0 Å². The lowest BCUT2D eigenvalue weighted by Gasteiger charge is -2.06. The van der Waals surface area contributed by atoms with E-state index in [2.05, 4.69) is 10.1 Å². The van der Waals surface area contributed by atoms with Crippen LogP contribution in [0.4, 0.5) is 5.69 Å². The minimum absolute atomic E-state index is 0.267. The summed E-state index contributed by atoms with van der Waals surface area (Å²) in [5.74, 6) is -0.444. The highest BCUT2D eigenvalue weighted by Crippen LogP contribution is 2.17.